The van der Waals surface area contributed by atoms with Crippen molar-refractivity contribution >= 4 is 23.8 Å². The van der Waals surface area contributed by atoms with Gasteiger partial charge in [-0.05, 0) is 17.5 Å². The molecule has 0 saturated carbocycles. The minimum absolute atomic E-state index is 0.683. The predicted octanol–water partition coefficient (Wildman–Crippen LogP) is 1.50. The van der Waals surface area contributed by atoms with E-state index in [1.807, 2.05) is 0 Å². The van der Waals surface area contributed by atoms with E-state index in [0.717, 1.165) is 18.6 Å². The van der Waals surface area contributed by atoms with Crippen molar-refractivity contribution in [3.8, 4) is 0 Å². The molecule has 0 aliphatic carbocycles. The van der Waals surface area contributed by atoms with Crippen LogP contribution >= 0.6 is 0 Å². The Morgan fingerprint density at radius 2 is 0.931 bits per heavy atom. The third kappa shape index (κ3) is 17.0. The topological polar surface area (TPSA) is 161 Å². The van der Waals surface area contributed by atoms with Crippen LogP contribution in [0, 0.1) is 0 Å². The van der Waals surface area contributed by atoms with Crippen molar-refractivity contribution in [1.82, 2.24) is 0 Å². The fourth-order valence-corrected chi connectivity index (χ4v) is 1.73. The zero-order valence-corrected chi connectivity index (χ0v) is 15.5. The van der Waals surface area contributed by atoms with Gasteiger partial charge < -0.3 is 21.7 Å². The zero-order chi connectivity index (χ0) is 22.1. The van der Waals surface area contributed by atoms with Crippen LogP contribution < -0.4 is 11.5 Å². The SMILES string of the molecule is NC(=O)/C=C\C(=O)O.NC(=O)/C=C\C(=O)O.c1ccc(Cc2ccccc2)cc1. The van der Waals surface area contributed by atoms with E-state index in [4.69, 9.17) is 10.2 Å². The first kappa shape index (κ1) is 24.8. The lowest BCUT2D eigenvalue weighted by molar-refractivity contribution is -0.132. The number of carboxylic acids is 2. The van der Waals surface area contributed by atoms with E-state index in [1.54, 1.807) is 0 Å². The van der Waals surface area contributed by atoms with Gasteiger partial charge in [0, 0.05) is 24.3 Å². The predicted molar refractivity (Wildman–Crippen MR) is 108 cm³/mol. The van der Waals surface area contributed by atoms with Gasteiger partial charge in [0.1, 0.15) is 0 Å². The summed E-state index contributed by atoms with van der Waals surface area (Å²) in [5, 5.41) is 15.7. The first-order valence-corrected chi connectivity index (χ1v) is 8.19. The molecular formula is C21H22N2O6. The third-order valence-electron chi connectivity index (χ3n) is 2.87. The average molecular weight is 398 g/mol. The molecule has 0 bridgehead atoms. The smallest absolute Gasteiger partial charge is 0.328 e. The number of nitrogens with two attached hydrogens (primary N) is 2. The maximum atomic E-state index is 9.78. The Hall–Kier alpha value is -4.20. The summed E-state index contributed by atoms with van der Waals surface area (Å²) in [6.45, 7) is 0. The number of carbonyl (C=O) groups is 4. The summed E-state index contributed by atoms with van der Waals surface area (Å²) < 4.78 is 0. The highest BCUT2D eigenvalue weighted by Gasteiger charge is 1.92. The van der Waals surface area contributed by atoms with Crippen molar-refractivity contribution in [3.63, 3.8) is 0 Å². The summed E-state index contributed by atoms with van der Waals surface area (Å²) in [5.74, 6) is -3.87. The lowest BCUT2D eigenvalue weighted by atomic mass is 10.1. The van der Waals surface area contributed by atoms with Gasteiger partial charge in [0.15, 0.2) is 0 Å². The maximum absolute atomic E-state index is 9.78. The molecule has 0 radical (unpaired) electrons. The number of aliphatic carboxylic acids is 2. The van der Waals surface area contributed by atoms with Crippen molar-refractivity contribution in [2.24, 2.45) is 11.5 Å². The van der Waals surface area contributed by atoms with Gasteiger partial charge in [0.2, 0.25) is 11.8 Å². The fourth-order valence-electron chi connectivity index (χ4n) is 1.73. The highest BCUT2D eigenvalue weighted by atomic mass is 16.4. The Morgan fingerprint density at radius 3 is 1.14 bits per heavy atom. The van der Waals surface area contributed by atoms with Gasteiger partial charge in [0.05, 0.1) is 0 Å². The number of rotatable bonds is 6. The molecule has 29 heavy (non-hydrogen) atoms. The number of amides is 2. The van der Waals surface area contributed by atoms with Crippen molar-refractivity contribution in [1.29, 1.82) is 0 Å². The molecule has 0 aromatic heterocycles. The molecule has 8 nitrogen and oxygen atoms in total. The van der Waals surface area contributed by atoms with E-state index in [0.29, 0.717) is 12.2 Å². The Balaban J connectivity index is 0.000000432. The molecule has 0 fully saturated rings. The summed E-state index contributed by atoms with van der Waals surface area (Å²) >= 11 is 0. The van der Waals surface area contributed by atoms with Crippen LogP contribution in [0.5, 0.6) is 0 Å². The number of hydrogen-bond donors (Lipinski definition) is 4. The van der Waals surface area contributed by atoms with E-state index in [2.05, 4.69) is 72.1 Å². The van der Waals surface area contributed by atoms with E-state index >= 15 is 0 Å². The van der Waals surface area contributed by atoms with Crippen LogP contribution in [0.1, 0.15) is 11.1 Å². The standard InChI is InChI=1S/C13H12.2C4H5NO3/c1-3-7-12(8-4-1)11-13-9-5-2-6-10-13;2*5-3(6)1-2-4(7)8/h1-10H,11H2;2*1-2H,(H2,5,6)(H,7,8)/b;2*2-1-. The Bertz CT molecular complexity index is 742. The second-order valence-electron chi connectivity index (χ2n) is 5.30. The van der Waals surface area contributed by atoms with Crippen LogP contribution in [0.3, 0.4) is 0 Å². The Labute approximate surface area is 167 Å². The monoisotopic (exact) mass is 398 g/mol. The molecule has 2 aromatic carbocycles. The highest BCUT2D eigenvalue weighted by Crippen LogP contribution is 2.07. The Morgan fingerprint density at radius 1 is 0.621 bits per heavy atom. The molecule has 6 N–H and O–H groups in total. The summed E-state index contributed by atoms with van der Waals surface area (Å²) in [7, 11) is 0. The van der Waals surface area contributed by atoms with Crippen molar-refractivity contribution < 1.29 is 29.4 Å². The van der Waals surface area contributed by atoms with E-state index in [9.17, 15) is 19.2 Å². The third-order valence-corrected chi connectivity index (χ3v) is 2.87. The van der Waals surface area contributed by atoms with E-state index < -0.39 is 23.8 Å². The van der Waals surface area contributed by atoms with Gasteiger partial charge in [-0.25, -0.2) is 9.59 Å². The second-order valence-corrected chi connectivity index (χ2v) is 5.30. The van der Waals surface area contributed by atoms with Crippen LogP contribution in [0.2, 0.25) is 0 Å². The minimum Gasteiger partial charge on any atom is -0.478 e. The molecule has 0 aliphatic rings. The van der Waals surface area contributed by atoms with Gasteiger partial charge >= 0.3 is 11.9 Å². The molecule has 0 saturated heterocycles. The van der Waals surface area contributed by atoms with Crippen LogP contribution in [0.15, 0.2) is 85.0 Å². The van der Waals surface area contributed by atoms with Crippen LogP contribution in [-0.2, 0) is 25.6 Å². The number of benzene rings is 2. The molecule has 2 aromatic rings. The summed E-state index contributed by atoms with van der Waals surface area (Å²) in [6.07, 6.45) is 3.96. The molecule has 0 atom stereocenters. The molecule has 0 spiro atoms. The van der Waals surface area contributed by atoms with Gasteiger partial charge in [-0.3, -0.25) is 9.59 Å². The maximum Gasteiger partial charge on any atom is 0.328 e. The van der Waals surface area contributed by atoms with Crippen molar-refractivity contribution in [2.45, 2.75) is 6.42 Å². The minimum atomic E-state index is -1.18. The molecule has 8 heteroatoms. The van der Waals surface area contributed by atoms with Crippen LogP contribution in [0.25, 0.3) is 0 Å². The normalized spacial score (nSPS) is 9.66. The average Bonchev–Trinajstić information content (AvgIpc) is 2.67. The first-order chi connectivity index (χ1) is 13.7. The largest absolute Gasteiger partial charge is 0.478 e. The summed E-state index contributed by atoms with van der Waals surface area (Å²) in [4.78, 5) is 38.8. The lowest BCUT2D eigenvalue weighted by Gasteiger charge is -2.00. The zero-order valence-electron chi connectivity index (χ0n) is 15.5. The van der Waals surface area contributed by atoms with E-state index in [-0.39, 0.29) is 0 Å². The van der Waals surface area contributed by atoms with Gasteiger partial charge in [-0.1, -0.05) is 60.7 Å². The molecule has 2 rings (SSSR count). The first-order valence-electron chi connectivity index (χ1n) is 8.19. The number of carbonyl (C=O) groups excluding carboxylic acids is 2. The van der Waals surface area contributed by atoms with Gasteiger partial charge in [-0.15, -0.1) is 0 Å². The molecule has 2 amide bonds. The van der Waals surface area contributed by atoms with Crippen molar-refractivity contribution in [2.75, 3.05) is 0 Å². The molecule has 0 heterocycles. The molecule has 0 aliphatic heterocycles. The van der Waals surface area contributed by atoms with E-state index in [1.165, 1.54) is 11.1 Å². The van der Waals surface area contributed by atoms with Crippen LogP contribution in [-0.4, -0.2) is 34.0 Å². The lowest BCUT2D eigenvalue weighted by Crippen LogP contribution is -2.06. The number of hydrogen-bond acceptors (Lipinski definition) is 4. The Kier molecular flexibility index (Phi) is 12.8. The summed E-state index contributed by atoms with van der Waals surface area (Å²) in [6, 6.07) is 21.1. The van der Waals surface area contributed by atoms with Gasteiger partial charge in [0.25, 0.3) is 0 Å². The highest BCUT2D eigenvalue weighted by molar-refractivity contribution is 5.93. The van der Waals surface area contributed by atoms with Gasteiger partial charge in [-0.2, -0.15) is 0 Å². The second kappa shape index (κ2) is 14.9. The number of carboxylic acid groups (broad SMARTS) is 2. The summed E-state index contributed by atoms with van der Waals surface area (Å²) in [5.41, 5.74) is 11.8. The number of primary amides is 2. The molecule has 152 valence electrons. The molecular weight excluding hydrogens is 376 g/mol. The fraction of sp³-hybridized carbons (Fsp3) is 0.0476. The molecule has 0 unspecified atom stereocenters. The van der Waals surface area contributed by atoms with Crippen molar-refractivity contribution in [3.05, 3.63) is 96.1 Å². The quantitative estimate of drug-likeness (QED) is 0.539. The van der Waals surface area contributed by atoms with Crippen LogP contribution in [0.4, 0.5) is 0 Å².